The van der Waals surface area contributed by atoms with Crippen molar-refractivity contribution in [3.63, 3.8) is 0 Å². The van der Waals surface area contributed by atoms with Crippen LogP contribution >= 0.6 is 0 Å². The van der Waals surface area contributed by atoms with Gasteiger partial charge in [0.1, 0.15) is 5.82 Å². The molecule has 0 fully saturated rings. The summed E-state index contributed by atoms with van der Waals surface area (Å²) in [6.45, 7) is 7.90. The van der Waals surface area contributed by atoms with Gasteiger partial charge in [-0.3, -0.25) is 4.40 Å². The quantitative estimate of drug-likeness (QED) is 0.334. The molecule has 0 aliphatic carbocycles. The first-order valence-electron chi connectivity index (χ1n) is 10.2. The maximum Gasteiger partial charge on any atom is 0.191 e. The summed E-state index contributed by atoms with van der Waals surface area (Å²) in [5.41, 5.74) is 6.87. The lowest BCUT2D eigenvalue weighted by Crippen LogP contribution is -1.96. The summed E-state index contributed by atoms with van der Waals surface area (Å²) >= 11 is 0. The number of imidazole rings is 1. The largest absolute Gasteiger partial charge is 0.441 e. The third kappa shape index (κ3) is 3.56. The van der Waals surface area contributed by atoms with Crippen LogP contribution in [-0.2, 0) is 0 Å². The van der Waals surface area contributed by atoms with Crippen molar-refractivity contribution >= 4 is 22.6 Å². The van der Waals surface area contributed by atoms with E-state index in [0.29, 0.717) is 5.89 Å². The van der Waals surface area contributed by atoms with Gasteiger partial charge in [-0.05, 0) is 73.2 Å². The Hall–Kier alpha value is -4.19. The van der Waals surface area contributed by atoms with Gasteiger partial charge in [0.15, 0.2) is 17.3 Å². The van der Waals surface area contributed by atoms with E-state index in [0.717, 1.165) is 50.9 Å². The van der Waals surface area contributed by atoms with E-state index in [1.165, 1.54) is 12.1 Å². The number of nitrogens with zero attached hydrogens (tertiary/aromatic N) is 3. The maximum atomic E-state index is 13.4. The molecule has 0 radical (unpaired) electrons. The Morgan fingerprint density at radius 2 is 1.75 bits per heavy atom. The fraction of sp³-hybridized carbons (Fsp3) is 0.0769. The van der Waals surface area contributed by atoms with Gasteiger partial charge in [-0.15, -0.1) is 0 Å². The van der Waals surface area contributed by atoms with Crippen molar-refractivity contribution in [3.8, 4) is 22.6 Å². The molecule has 32 heavy (non-hydrogen) atoms. The Kier molecular flexibility index (Phi) is 4.82. The van der Waals surface area contributed by atoms with Gasteiger partial charge in [0.2, 0.25) is 0 Å². The van der Waals surface area contributed by atoms with Crippen LogP contribution in [-0.4, -0.2) is 14.4 Å². The number of benzene rings is 2. The molecule has 0 unspecified atom stereocenters. The van der Waals surface area contributed by atoms with Crippen molar-refractivity contribution in [1.82, 2.24) is 14.4 Å². The van der Waals surface area contributed by atoms with E-state index in [2.05, 4.69) is 16.9 Å². The van der Waals surface area contributed by atoms with Crippen molar-refractivity contribution in [2.75, 3.05) is 5.32 Å². The Balaban J connectivity index is 1.54. The van der Waals surface area contributed by atoms with Crippen molar-refractivity contribution in [2.24, 2.45) is 0 Å². The Bertz CT molecular complexity index is 1430. The van der Waals surface area contributed by atoms with Crippen LogP contribution in [0.2, 0.25) is 0 Å². The number of aryl methyl sites for hydroxylation is 1. The molecule has 0 bridgehead atoms. The zero-order valence-corrected chi connectivity index (χ0v) is 17.8. The minimum atomic E-state index is -0.277. The Morgan fingerprint density at radius 3 is 2.41 bits per heavy atom. The standard InChI is InChI=1S/C26H21FN4O/c1-16(2)25-24(19-6-10-20(27)11-7-19)30-26-22(5-4-14-31(25)26)29-21-12-8-18(9-13-21)23-15-28-17(3)32-23/h4-15,29H,1H2,2-3H3. The van der Waals surface area contributed by atoms with E-state index in [-0.39, 0.29) is 5.82 Å². The van der Waals surface area contributed by atoms with Crippen LogP contribution in [0.3, 0.4) is 0 Å². The van der Waals surface area contributed by atoms with E-state index in [1.807, 2.05) is 60.8 Å². The highest BCUT2D eigenvalue weighted by Gasteiger charge is 2.17. The molecule has 0 amide bonds. The number of pyridine rings is 1. The predicted molar refractivity (Wildman–Crippen MR) is 125 cm³/mol. The fourth-order valence-corrected chi connectivity index (χ4v) is 3.75. The molecule has 1 N–H and O–H groups in total. The molecule has 5 nitrogen and oxygen atoms in total. The molecule has 0 aliphatic rings. The van der Waals surface area contributed by atoms with Crippen molar-refractivity contribution < 1.29 is 8.81 Å². The molecular weight excluding hydrogens is 403 g/mol. The van der Waals surface area contributed by atoms with E-state index < -0.39 is 0 Å². The van der Waals surface area contributed by atoms with Gasteiger partial charge in [0.25, 0.3) is 0 Å². The summed E-state index contributed by atoms with van der Waals surface area (Å²) in [6.07, 6.45) is 3.68. The Morgan fingerprint density at radius 1 is 1.03 bits per heavy atom. The smallest absolute Gasteiger partial charge is 0.191 e. The molecule has 2 aromatic carbocycles. The number of rotatable bonds is 5. The molecule has 5 rings (SSSR count). The average Bonchev–Trinajstić information content (AvgIpc) is 3.39. The van der Waals surface area contributed by atoms with Gasteiger partial charge in [0.05, 0.1) is 23.3 Å². The molecule has 5 aromatic rings. The average molecular weight is 424 g/mol. The van der Waals surface area contributed by atoms with Crippen molar-refractivity contribution in [2.45, 2.75) is 13.8 Å². The van der Waals surface area contributed by atoms with Crippen molar-refractivity contribution in [1.29, 1.82) is 0 Å². The molecule has 3 heterocycles. The third-order valence-electron chi connectivity index (χ3n) is 5.24. The summed E-state index contributed by atoms with van der Waals surface area (Å²) < 4.78 is 21.1. The number of hydrogen-bond donors (Lipinski definition) is 1. The number of nitrogens with one attached hydrogen (secondary N) is 1. The van der Waals surface area contributed by atoms with Gasteiger partial charge < -0.3 is 9.73 Å². The number of hydrogen-bond acceptors (Lipinski definition) is 4. The molecule has 158 valence electrons. The van der Waals surface area contributed by atoms with E-state index in [4.69, 9.17) is 9.40 Å². The van der Waals surface area contributed by atoms with Crippen LogP contribution in [0.1, 0.15) is 18.5 Å². The normalized spacial score (nSPS) is 11.1. The SMILES string of the molecule is C=C(C)c1c(-c2ccc(F)cc2)nc2c(Nc3ccc(-c4cnc(C)o4)cc3)cccn12. The minimum Gasteiger partial charge on any atom is -0.441 e. The van der Waals surface area contributed by atoms with Crippen LogP contribution < -0.4 is 5.32 Å². The molecule has 0 saturated heterocycles. The number of fused-ring (bicyclic) bond motifs is 1. The highest BCUT2D eigenvalue weighted by atomic mass is 19.1. The van der Waals surface area contributed by atoms with Crippen LogP contribution in [0.5, 0.6) is 0 Å². The zero-order chi connectivity index (χ0) is 22.2. The van der Waals surface area contributed by atoms with E-state index in [1.54, 1.807) is 18.3 Å². The third-order valence-corrected chi connectivity index (χ3v) is 5.24. The van der Waals surface area contributed by atoms with E-state index in [9.17, 15) is 4.39 Å². The topological polar surface area (TPSA) is 55.4 Å². The second kappa shape index (κ2) is 7.81. The molecule has 0 saturated carbocycles. The second-order valence-corrected chi connectivity index (χ2v) is 7.66. The summed E-state index contributed by atoms with van der Waals surface area (Å²) in [4.78, 5) is 9.04. The van der Waals surface area contributed by atoms with Gasteiger partial charge >= 0.3 is 0 Å². The summed E-state index contributed by atoms with van der Waals surface area (Å²) in [7, 11) is 0. The summed E-state index contributed by atoms with van der Waals surface area (Å²) in [6, 6.07) is 18.2. The van der Waals surface area contributed by atoms with Gasteiger partial charge in [-0.1, -0.05) is 6.58 Å². The van der Waals surface area contributed by atoms with Crippen LogP contribution in [0.25, 0.3) is 33.8 Å². The second-order valence-electron chi connectivity index (χ2n) is 7.66. The van der Waals surface area contributed by atoms with Gasteiger partial charge in [-0.2, -0.15) is 0 Å². The first-order chi connectivity index (χ1) is 15.5. The minimum absolute atomic E-state index is 0.277. The molecule has 0 aliphatic heterocycles. The number of halogens is 1. The lowest BCUT2D eigenvalue weighted by atomic mass is 10.1. The highest BCUT2D eigenvalue weighted by Crippen LogP contribution is 2.33. The number of anilines is 2. The van der Waals surface area contributed by atoms with Gasteiger partial charge in [-0.25, -0.2) is 14.4 Å². The van der Waals surface area contributed by atoms with E-state index >= 15 is 0 Å². The summed E-state index contributed by atoms with van der Waals surface area (Å²) in [5, 5.41) is 3.45. The molecule has 0 spiro atoms. The highest BCUT2D eigenvalue weighted by molar-refractivity contribution is 5.84. The number of allylic oxidation sites excluding steroid dienone is 1. The fourth-order valence-electron chi connectivity index (χ4n) is 3.75. The molecule has 3 aromatic heterocycles. The number of aromatic nitrogens is 3. The van der Waals surface area contributed by atoms with Crippen LogP contribution in [0, 0.1) is 12.7 Å². The first-order valence-corrected chi connectivity index (χ1v) is 10.2. The molecule has 6 heteroatoms. The summed E-state index contributed by atoms with van der Waals surface area (Å²) in [5.74, 6) is 1.10. The van der Waals surface area contributed by atoms with Gasteiger partial charge in [0, 0.05) is 29.9 Å². The lowest BCUT2D eigenvalue weighted by Gasteiger charge is -2.09. The maximum absolute atomic E-state index is 13.4. The van der Waals surface area contributed by atoms with Crippen LogP contribution in [0.15, 0.2) is 84.1 Å². The molecular formula is C26H21FN4O. The van der Waals surface area contributed by atoms with Crippen LogP contribution in [0.4, 0.5) is 15.8 Å². The number of oxazole rings is 1. The zero-order valence-electron chi connectivity index (χ0n) is 17.8. The first kappa shape index (κ1) is 19.8. The Labute approximate surface area is 184 Å². The monoisotopic (exact) mass is 424 g/mol. The van der Waals surface area contributed by atoms with Crippen molar-refractivity contribution in [3.05, 3.63) is 97.0 Å². The lowest BCUT2D eigenvalue weighted by molar-refractivity contribution is 0.534. The molecule has 0 atom stereocenters. The predicted octanol–water partition coefficient (Wildman–Crippen LogP) is 6.88.